The smallest absolute Gasteiger partial charge is 0.330 e. The molecule has 1 saturated heterocycles. The number of nitrogens with zero attached hydrogens (tertiary/aromatic N) is 1. The van der Waals surface area contributed by atoms with Crippen LogP contribution >= 0.6 is 0 Å². The summed E-state index contributed by atoms with van der Waals surface area (Å²) in [5, 5.41) is 0.616. The molecule has 3 rings (SSSR count). The maximum Gasteiger partial charge on any atom is 0.333 e. The number of hydroxylamine groups is 2. The van der Waals surface area contributed by atoms with Crippen LogP contribution in [0.4, 0.5) is 0 Å². The molecule has 2 amide bonds. The van der Waals surface area contributed by atoms with Crippen LogP contribution in [-0.4, -0.2) is 28.6 Å². The number of fused-ring (bicyclic) bond motifs is 1. The highest BCUT2D eigenvalue weighted by Crippen LogP contribution is 2.62. The standard InChI is InChI=1S/C26H41NO5/c1-7-14-25(4,5)20-15-21(28)26(6)18(9-10-19(26)17(20)3)16(2)8-13-24(31)32-27-22(29)11-12-23(27)30/h16-20H,7-15H2,1-6H3/t16-,17?,18?,19?,20?,26-/m1/s1. The van der Waals surface area contributed by atoms with Gasteiger partial charge < -0.3 is 4.84 Å². The Morgan fingerprint density at radius 3 is 2.41 bits per heavy atom. The van der Waals surface area contributed by atoms with Crippen molar-refractivity contribution in [3.8, 4) is 0 Å². The summed E-state index contributed by atoms with van der Waals surface area (Å²) in [4.78, 5) is 54.2. The van der Waals surface area contributed by atoms with Crippen molar-refractivity contribution in [2.75, 3.05) is 0 Å². The summed E-state index contributed by atoms with van der Waals surface area (Å²) in [6.45, 7) is 13.5. The Morgan fingerprint density at radius 1 is 1.19 bits per heavy atom. The number of carbonyl (C=O) groups excluding carboxylic acids is 4. The van der Waals surface area contributed by atoms with Gasteiger partial charge in [-0.2, -0.15) is 0 Å². The van der Waals surface area contributed by atoms with Gasteiger partial charge in [-0.05, 0) is 60.7 Å². The largest absolute Gasteiger partial charge is 0.333 e. The topological polar surface area (TPSA) is 80.8 Å². The molecule has 0 bridgehead atoms. The first-order chi connectivity index (χ1) is 14.9. The minimum Gasteiger partial charge on any atom is -0.330 e. The number of hydrogen-bond acceptors (Lipinski definition) is 5. The number of ketones is 1. The number of carbonyl (C=O) groups is 4. The number of imide groups is 1. The Morgan fingerprint density at radius 2 is 1.81 bits per heavy atom. The number of rotatable bonds is 8. The minimum atomic E-state index is -0.551. The SMILES string of the molecule is CCCC(C)(C)C1CC(=O)[C@@]2(C)C(CCC2[C@H](C)CCC(=O)ON2C(=O)CCC2=O)C1C. The molecular formula is C26H41NO5. The van der Waals surface area contributed by atoms with E-state index in [4.69, 9.17) is 4.84 Å². The van der Waals surface area contributed by atoms with Crippen LogP contribution in [0.3, 0.4) is 0 Å². The van der Waals surface area contributed by atoms with E-state index in [-0.39, 0.29) is 41.9 Å². The van der Waals surface area contributed by atoms with Gasteiger partial charge in [-0.15, -0.1) is 5.06 Å². The molecule has 6 atom stereocenters. The third-order valence-corrected chi connectivity index (χ3v) is 9.19. The van der Waals surface area contributed by atoms with E-state index in [0.29, 0.717) is 41.4 Å². The second kappa shape index (κ2) is 9.26. The molecule has 32 heavy (non-hydrogen) atoms. The lowest BCUT2D eigenvalue weighted by Crippen LogP contribution is -2.51. The first kappa shape index (κ1) is 24.9. The molecule has 0 radical (unpaired) electrons. The Hall–Kier alpha value is -1.72. The van der Waals surface area contributed by atoms with E-state index in [0.717, 1.165) is 25.7 Å². The first-order valence-corrected chi connectivity index (χ1v) is 12.5. The van der Waals surface area contributed by atoms with Gasteiger partial charge in [0.1, 0.15) is 5.78 Å². The molecule has 3 aliphatic rings. The van der Waals surface area contributed by atoms with Crippen molar-refractivity contribution in [3.63, 3.8) is 0 Å². The quantitative estimate of drug-likeness (QED) is 0.484. The molecule has 0 aromatic carbocycles. The average Bonchev–Trinajstić information content (AvgIpc) is 3.24. The van der Waals surface area contributed by atoms with E-state index >= 15 is 0 Å². The summed E-state index contributed by atoms with van der Waals surface area (Å²) in [6.07, 6.45) is 5.95. The van der Waals surface area contributed by atoms with Crippen LogP contribution in [0.25, 0.3) is 0 Å². The molecule has 180 valence electrons. The number of amides is 2. The highest BCUT2D eigenvalue weighted by molar-refractivity contribution is 6.01. The fourth-order valence-corrected chi connectivity index (χ4v) is 7.39. The lowest BCUT2D eigenvalue weighted by Gasteiger charge is -2.51. The summed E-state index contributed by atoms with van der Waals surface area (Å²) in [5.41, 5.74) is -0.161. The molecule has 1 heterocycles. The maximum atomic E-state index is 13.6. The Bertz CT molecular complexity index is 758. The van der Waals surface area contributed by atoms with Gasteiger partial charge in [-0.25, -0.2) is 4.79 Å². The van der Waals surface area contributed by atoms with E-state index in [1.54, 1.807) is 0 Å². The third-order valence-electron chi connectivity index (χ3n) is 9.19. The second-order valence-corrected chi connectivity index (χ2v) is 11.5. The number of hydrogen-bond donors (Lipinski definition) is 0. The molecule has 0 aromatic heterocycles. The fourth-order valence-electron chi connectivity index (χ4n) is 7.39. The van der Waals surface area contributed by atoms with Crippen molar-refractivity contribution in [3.05, 3.63) is 0 Å². The van der Waals surface area contributed by atoms with E-state index < -0.39 is 17.8 Å². The maximum absolute atomic E-state index is 13.6. The van der Waals surface area contributed by atoms with Crippen molar-refractivity contribution >= 4 is 23.6 Å². The van der Waals surface area contributed by atoms with Crippen LogP contribution in [0, 0.1) is 40.4 Å². The van der Waals surface area contributed by atoms with Crippen LogP contribution in [0.1, 0.15) is 99.3 Å². The van der Waals surface area contributed by atoms with Gasteiger partial charge in [0.25, 0.3) is 11.8 Å². The minimum absolute atomic E-state index is 0.0979. The summed E-state index contributed by atoms with van der Waals surface area (Å²) >= 11 is 0. The Balaban J connectivity index is 1.63. The van der Waals surface area contributed by atoms with Crippen molar-refractivity contribution in [2.24, 2.45) is 40.4 Å². The lowest BCUT2D eigenvalue weighted by atomic mass is 9.52. The summed E-state index contributed by atoms with van der Waals surface area (Å²) in [6, 6.07) is 0. The van der Waals surface area contributed by atoms with Crippen molar-refractivity contribution in [1.29, 1.82) is 0 Å². The van der Waals surface area contributed by atoms with Crippen molar-refractivity contribution < 1.29 is 24.0 Å². The summed E-state index contributed by atoms with van der Waals surface area (Å²) in [5.74, 6) is 0.712. The third kappa shape index (κ3) is 4.38. The van der Waals surface area contributed by atoms with Crippen LogP contribution in [-0.2, 0) is 24.0 Å². The van der Waals surface area contributed by atoms with E-state index in [1.807, 2.05) is 0 Å². The molecule has 1 aliphatic heterocycles. The van der Waals surface area contributed by atoms with Gasteiger partial charge >= 0.3 is 5.97 Å². The predicted octanol–water partition coefficient (Wildman–Crippen LogP) is 5.09. The predicted molar refractivity (Wildman–Crippen MR) is 121 cm³/mol. The lowest BCUT2D eigenvalue weighted by molar-refractivity contribution is -0.197. The van der Waals surface area contributed by atoms with Crippen LogP contribution in [0.2, 0.25) is 0 Å². The van der Waals surface area contributed by atoms with Gasteiger partial charge in [-0.3, -0.25) is 14.4 Å². The zero-order chi connectivity index (χ0) is 23.8. The molecule has 2 saturated carbocycles. The molecule has 6 nitrogen and oxygen atoms in total. The highest BCUT2D eigenvalue weighted by Gasteiger charge is 2.59. The first-order valence-electron chi connectivity index (χ1n) is 12.5. The molecule has 3 fully saturated rings. The van der Waals surface area contributed by atoms with E-state index in [2.05, 4.69) is 41.5 Å². The van der Waals surface area contributed by atoms with Crippen molar-refractivity contribution in [1.82, 2.24) is 5.06 Å². The van der Waals surface area contributed by atoms with Gasteiger partial charge in [0, 0.05) is 31.1 Å². The van der Waals surface area contributed by atoms with E-state index in [1.165, 1.54) is 0 Å². The molecule has 6 heteroatoms. The zero-order valence-electron chi connectivity index (χ0n) is 20.7. The zero-order valence-corrected chi connectivity index (χ0v) is 20.7. The normalized spacial score (nSPS) is 34.1. The molecule has 2 aliphatic carbocycles. The van der Waals surface area contributed by atoms with Gasteiger partial charge in [0.05, 0.1) is 0 Å². The average molecular weight is 448 g/mol. The van der Waals surface area contributed by atoms with Gasteiger partial charge in [0.2, 0.25) is 0 Å². The molecule has 0 aromatic rings. The Labute approximate surface area is 192 Å². The monoisotopic (exact) mass is 447 g/mol. The molecule has 0 spiro atoms. The molecule has 4 unspecified atom stereocenters. The Kier molecular flexibility index (Phi) is 7.21. The summed E-state index contributed by atoms with van der Waals surface area (Å²) < 4.78 is 0. The fraction of sp³-hybridized carbons (Fsp3) is 0.846. The van der Waals surface area contributed by atoms with Gasteiger partial charge in [-0.1, -0.05) is 48.0 Å². The molecule has 0 N–H and O–H groups in total. The van der Waals surface area contributed by atoms with Crippen LogP contribution in [0.15, 0.2) is 0 Å². The summed E-state index contributed by atoms with van der Waals surface area (Å²) in [7, 11) is 0. The van der Waals surface area contributed by atoms with E-state index in [9.17, 15) is 19.2 Å². The second-order valence-electron chi connectivity index (χ2n) is 11.5. The van der Waals surface area contributed by atoms with Crippen LogP contribution < -0.4 is 0 Å². The van der Waals surface area contributed by atoms with Crippen LogP contribution in [0.5, 0.6) is 0 Å². The molecular weight excluding hydrogens is 406 g/mol. The van der Waals surface area contributed by atoms with Gasteiger partial charge in [0.15, 0.2) is 0 Å². The highest BCUT2D eigenvalue weighted by atomic mass is 16.7. The van der Waals surface area contributed by atoms with Crippen molar-refractivity contribution in [2.45, 2.75) is 99.3 Å². The number of Topliss-reactive ketones (excluding diaryl/α,β-unsaturated/α-hetero) is 1.